The molecule has 0 fully saturated rings. The Labute approximate surface area is 265 Å². The smallest absolute Gasteiger partial charge is 0.313 e. The third-order valence-corrected chi connectivity index (χ3v) is 6.65. The lowest BCUT2D eigenvalue weighted by atomic mass is 10.2. The van der Waals surface area contributed by atoms with Gasteiger partial charge in [-0.25, -0.2) is 0 Å². The summed E-state index contributed by atoms with van der Waals surface area (Å²) in [7, 11) is 0. The molecule has 43 heavy (non-hydrogen) atoms. The number of esters is 2. The van der Waals surface area contributed by atoms with Gasteiger partial charge in [0, 0.05) is 12.8 Å². The van der Waals surface area contributed by atoms with Crippen LogP contribution in [0.4, 0.5) is 0 Å². The minimum Gasteiger partial charge on any atom is -0.393 e. The second kappa shape index (κ2) is 35.3. The van der Waals surface area contributed by atoms with Crippen molar-refractivity contribution < 1.29 is 14.3 Å². The van der Waals surface area contributed by atoms with Crippen LogP contribution >= 0.6 is 0 Å². The lowest BCUT2D eigenvalue weighted by Crippen LogP contribution is -2.11. The Kier molecular flexibility index (Phi) is 32.8. The van der Waals surface area contributed by atoms with Crippen LogP contribution in [-0.4, -0.2) is 11.9 Å². The Bertz CT molecular complexity index is 807. The second-order valence-corrected chi connectivity index (χ2v) is 10.8. The van der Waals surface area contributed by atoms with Gasteiger partial charge in [0.15, 0.2) is 0 Å². The molecule has 0 saturated carbocycles. The number of allylic oxidation sites excluding steroid dienone is 16. The van der Waals surface area contributed by atoms with Crippen molar-refractivity contribution in [1.82, 2.24) is 0 Å². The normalized spacial score (nSPS) is 12.8. The Morgan fingerprint density at radius 1 is 0.372 bits per heavy atom. The second-order valence-electron chi connectivity index (χ2n) is 10.8. The molecule has 0 heterocycles. The molecule has 0 unspecified atom stereocenters. The summed E-state index contributed by atoms with van der Waals surface area (Å²) in [4.78, 5) is 23.8. The first-order valence-electron chi connectivity index (χ1n) is 17.1. The van der Waals surface area contributed by atoms with Gasteiger partial charge in [-0.05, 0) is 89.9 Å². The van der Waals surface area contributed by atoms with E-state index in [0.717, 1.165) is 51.4 Å². The van der Waals surface area contributed by atoms with E-state index in [-0.39, 0.29) is 12.8 Å². The Morgan fingerprint density at radius 3 is 0.907 bits per heavy atom. The fourth-order valence-corrected chi connectivity index (χ4v) is 4.08. The molecular formula is C40H62O3. The molecule has 0 aliphatic carbocycles. The lowest BCUT2D eigenvalue weighted by Gasteiger charge is -2.01. The summed E-state index contributed by atoms with van der Waals surface area (Å²) in [5, 5.41) is 0. The largest absolute Gasteiger partial charge is 0.393 e. The van der Waals surface area contributed by atoms with E-state index in [1.54, 1.807) is 0 Å². The molecule has 0 amide bonds. The predicted octanol–water partition coefficient (Wildman–Crippen LogP) is 12.3. The zero-order valence-corrected chi connectivity index (χ0v) is 27.6. The average Bonchev–Trinajstić information content (AvgIpc) is 3.00. The molecule has 0 bridgehead atoms. The molecule has 0 rings (SSSR count). The molecule has 0 aliphatic rings. The maximum atomic E-state index is 11.9. The van der Waals surface area contributed by atoms with Gasteiger partial charge in [-0.1, -0.05) is 137 Å². The van der Waals surface area contributed by atoms with E-state index in [1.807, 2.05) is 0 Å². The van der Waals surface area contributed by atoms with E-state index in [9.17, 15) is 9.59 Å². The Morgan fingerprint density at radius 2 is 0.628 bits per heavy atom. The number of ether oxygens (including phenoxy) is 1. The molecule has 0 aromatic carbocycles. The van der Waals surface area contributed by atoms with Crippen molar-refractivity contribution in [3.05, 3.63) is 97.2 Å². The molecule has 0 atom stereocenters. The number of carbonyl (C=O) groups excluding carboxylic acids is 2. The van der Waals surface area contributed by atoms with Crippen LogP contribution in [0.3, 0.4) is 0 Å². The van der Waals surface area contributed by atoms with Gasteiger partial charge in [-0.2, -0.15) is 0 Å². The van der Waals surface area contributed by atoms with Crippen molar-refractivity contribution >= 4 is 11.9 Å². The highest BCUT2D eigenvalue weighted by atomic mass is 16.6. The van der Waals surface area contributed by atoms with Crippen LogP contribution in [0.1, 0.15) is 142 Å². The summed E-state index contributed by atoms with van der Waals surface area (Å²) in [5.74, 6) is -0.836. The van der Waals surface area contributed by atoms with Crippen LogP contribution in [0.2, 0.25) is 0 Å². The van der Waals surface area contributed by atoms with E-state index < -0.39 is 11.9 Å². The molecule has 0 spiro atoms. The van der Waals surface area contributed by atoms with Gasteiger partial charge in [0.1, 0.15) is 0 Å². The van der Waals surface area contributed by atoms with Gasteiger partial charge in [-0.15, -0.1) is 0 Å². The van der Waals surface area contributed by atoms with E-state index in [4.69, 9.17) is 4.74 Å². The van der Waals surface area contributed by atoms with Crippen LogP contribution in [-0.2, 0) is 14.3 Å². The highest BCUT2D eigenvalue weighted by molar-refractivity contribution is 5.85. The fraction of sp³-hybridized carbons (Fsp3) is 0.550. The number of rotatable bonds is 28. The summed E-state index contributed by atoms with van der Waals surface area (Å²) in [6.07, 6.45) is 54.5. The third kappa shape index (κ3) is 35.2. The SMILES string of the molecule is CCCCC/C=C\C/C=C\C/C=C\C/C=C\CCCC(=O)OC(=O)CCC/C=C\C/C=C\C/C=C\C/C=C\CCCCC. The van der Waals surface area contributed by atoms with Crippen molar-refractivity contribution in [3.8, 4) is 0 Å². The minimum absolute atomic E-state index is 0.279. The van der Waals surface area contributed by atoms with Crippen molar-refractivity contribution in [3.63, 3.8) is 0 Å². The first kappa shape index (κ1) is 40.1. The van der Waals surface area contributed by atoms with E-state index in [2.05, 4.69) is 111 Å². The van der Waals surface area contributed by atoms with Gasteiger partial charge >= 0.3 is 11.9 Å². The van der Waals surface area contributed by atoms with Crippen LogP contribution in [0.25, 0.3) is 0 Å². The molecule has 3 heteroatoms. The summed E-state index contributed by atoms with van der Waals surface area (Å²) in [6, 6.07) is 0. The van der Waals surface area contributed by atoms with Crippen molar-refractivity contribution in [2.75, 3.05) is 0 Å². The van der Waals surface area contributed by atoms with Crippen molar-refractivity contribution in [1.29, 1.82) is 0 Å². The van der Waals surface area contributed by atoms with Crippen molar-refractivity contribution in [2.45, 2.75) is 142 Å². The predicted molar refractivity (Wildman–Crippen MR) is 188 cm³/mol. The molecule has 3 nitrogen and oxygen atoms in total. The van der Waals surface area contributed by atoms with Gasteiger partial charge in [0.25, 0.3) is 0 Å². The molecule has 0 aromatic heterocycles. The first-order valence-corrected chi connectivity index (χ1v) is 17.1. The maximum Gasteiger partial charge on any atom is 0.313 e. The fourth-order valence-electron chi connectivity index (χ4n) is 4.08. The van der Waals surface area contributed by atoms with E-state index >= 15 is 0 Å². The summed E-state index contributed by atoms with van der Waals surface area (Å²) in [5.41, 5.74) is 0. The van der Waals surface area contributed by atoms with Gasteiger partial charge in [0.05, 0.1) is 0 Å². The third-order valence-electron chi connectivity index (χ3n) is 6.65. The van der Waals surface area contributed by atoms with E-state index in [0.29, 0.717) is 12.8 Å². The molecular weight excluding hydrogens is 528 g/mol. The van der Waals surface area contributed by atoms with Crippen molar-refractivity contribution in [2.24, 2.45) is 0 Å². The zero-order chi connectivity index (χ0) is 31.3. The topological polar surface area (TPSA) is 43.4 Å². The molecule has 0 aromatic rings. The number of hydrogen-bond acceptors (Lipinski definition) is 3. The Hall–Kier alpha value is -2.94. The zero-order valence-electron chi connectivity index (χ0n) is 27.6. The minimum atomic E-state index is -0.418. The van der Waals surface area contributed by atoms with Crippen LogP contribution in [0, 0.1) is 0 Å². The molecule has 0 saturated heterocycles. The highest BCUT2D eigenvalue weighted by Gasteiger charge is 2.09. The van der Waals surface area contributed by atoms with Gasteiger partial charge < -0.3 is 4.74 Å². The monoisotopic (exact) mass is 590 g/mol. The molecule has 0 N–H and O–H groups in total. The Balaban J connectivity index is 3.64. The maximum absolute atomic E-state index is 11.9. The summed E-state index contributed by atoms with van der Waals surface area (Å²) in [6.45, 7) is 4.47. The van der Waals surface area contributed by atoms with Crippen LogP contribution in [0.5, 0.6) is 0 Å². The standard InChI is InChI=1S/C40H62O3/c1-3-5-7-9-11-13-15-17-19-21-23-25-27-29-31-33-35-37-39(41)43-40(42)38-36-34-32-30-28-26-24-22-20-18-16-14-12-10-8-6-4-2/h11-14,17-20,23-26,29-32H,3-10,15-16,21-22,27-28,33-38H2,1-2H3/b13-11-,14-12-,19-17-,20-18-,25-23-,26-24-,31-29-,32-30-. The quantitative estimate of drug-likeness (QED) is 0.0394. The average molecular weight is 591 g/mol. The summed E-state index contributed by atoms with van der Waals surface area (Å²) < 4.78 is 4.94. The van der Waals surface area contributed by atoms with Crippen LogP contribution < -0.4 is 0 Å². The molecule has 0 radical (unpaired) electrons. The highest BCUT2D eigenvalue weighted by Crippen LogP contribution is 2.05. The van der Waals surface area contributed by atoms with Gasteiger partial charge in [0.2, 0.25) is 0 Å². The molecule has 0 aliphatic heterocycles. The van der Waals surface area contributed by atoms with E-state index in [1.165, 1.54) is 51.4 Å². The van der Waals surface area contributed by atoms with Crippen LogP contribution in [0.15, 0.2) is 97.2 Å². The first-order chi connectivity index (χ1) is 21.2. The number of hydrogen-bond donors (Lipinski definition) is 0. The van der Waals surface area contributed by atoms with Gasteiger partial charge in [-0.3, -0.25) is 9.59 Å². The summed E-state index contributed by atoms with van der Waals surface area (Å²) >= 11 is 0. The molecule has 240 valence electrons. The number of unbranched alkanes of at least 4 members (excludes halogenated alkanes) is 8. The number of carbonyl (C=O) groups is 2. The lowest BCUT2D eigenvalue weighted by molar-refractivity contribution is -0.159.